The van der Waals surface area contributed by atoms with Crippen LogP contribution in [0.3, 0.4) is 0 Å². The van der Waals surface area contributed by atoms with Gasteiger partial charge in [0.1, 0.15) is 17.7 Å². The maximum absolute atomic E-state index is 14.4. The predicted octanol–water partition coefficient (Wildman–Crippen LogP) is 5.88. The monoisotopic (exact) mass is 469 g/mol. The summed E-state index contributed by atoms with van der Waals surface area (Å²) in [5.41, 5.74) is 3.29. The molecule has 4 nitrogen and oxygen atoms in total. The van der Waals surface area contributed by atoms with Gasteiger partial charge in [-0.3, -0.25) is 0 Å². The molecule has 0 bridgehead atoms. The van der Waals surface area contributed by atoms with Crippen molar-refractivity contribution in [2.45, 2.75) is 24.9 Å². The van der Waals surface area contributed by atoms with Gasteiger partial charge in [0.25, 0.3) is 0 Å². The van der Waals surface area contributed by atoms with Gasteiger partial charge in [-0.1, -0.05) is 60.7 Å². The Balaban J connectivity index is 1.30. The Morgan fingerprint density at radius 3 is 2.71 bits per heavy atom. The Labute approximate surface area is 204 Å². The first-order valence-electron chi connectivity index (χ1n) is 11.9. The molecule has 1 aliphatic rings. The highest BCUT2D eigenvalue weighted by Gasteiger charge is 2.30. The van der Waals surface area contributed by atoms with Gasteiger partial charge in [-0.2, -0.15) is 0 Å². The minimum absolute atomic E-state index is 0.0766. The Morgan fingerprint density at radius 2 is 1.83 bits per heavy atom. The Morgan fingerprint density at radius 1 is 1.03 bits per heavy atom. The van der Waals surface area contributed by atoms with Gasteiger partial charge < -0.3 is 14.8 Å². The first-order chi connectivity index (χ1) is 17.1. The second-order valence-electron chi connectivity index (χ2n) is 8.92. The minimum Gasteiger partial charge on any atom is -0.489 e. The average Bonchev–Trinajstić information content (AvgIpc) is 2.90. The number of esters is 1. The average molecular weight is 470 g/mol. The highest BCUT2D eigenvalue weighted by molar-refractivity contribution is 5.89. The maximum Gasteiger partial charge on any atom is 0.337 e. The van der Waals surface area contributed by atoms with Crippen LogP contribution in [0, 0.1) is 5.82 Å². The first-order valence-corrected chi connectivity index (χ1v) is 11.9. The molecule has 0 fully saturated rings. The van der Waals surface area contributed by atoms with E-state index >= 15 is 0 Å². The highest BCUT2D eigenvalue weighted by Crippen LogP contribution is 2.40. The number of fused-ring (bicyclic) bond motifs is 2. The zero-order valence-electron chi connectivity index (χ0n) is 19.7. The standard InChI is InChI=1S/C30H28FNO3/c1-34-30(33)23-15-22(16-24(31)17-23)28-18-25(35-29-12-5-4-11-27(28)29)19-32-14-13-21-9-6-8-20-7-2-3-10-26(20)21/h2-12,15-17,25,28,32H,13-14,18-19H2,1H3. The normalized spacial score (nSPS) is 17.0. The van der Waals surface area contributed by atoms with E-state index in [0.29, 0.717) is 13.0 Å². The summed E-state index contributed by atoms with van der Waals surface area (Å²) in [4.78, 5) is 12.1. The molecule has 2 atom stereocenters. The number of ether oxygens (including phenoxy) is 2. The molecule has 1 aliphatic heterocycles. The molecule has 0 saturated carbocycles. The lowest BCUT2D eigenvalue weighted by atomic mass is 9.83. The maximum atomic E-state index is 14.4. The molecule has 0 amide bonds. The molecule has 0 saturated heterocycles. The summed E-state index contributed by atoms with van der Waals surface area (Å²) in [6.45, 7) is 1.50. The molecule has 5 rings (SSSR count). The van der Waals surface area contributed by atoms with E-state index in [0.717, 1.165) is 29.8 Å². The number of hydrogen-bond acceptors (Lipinski definition) is 4. The van der Waals surface area contributed by atoms with Crippen molar-refractivity contribution < 1.29 is 18.7 Å². The van der Waals surface area contributed by atoms with Crippen molar-refractivity contribution >= 4 is 16.7 Å². The van der Waals surface area contributed by atoms with Crippen molar-refractivity contribution in [2.24, 2.45) is 0 Å². The van der Waals surface area contributed by atoms with E-state index in [9.17, 15) is 9.18 Å². The number of methoxy groups -OCH3 is 1. The lowest BCUT2D eigenvalue weighted by Gasteiger charge is -2.33. The van der Waals surface area contributed by atoms with Gasteiger partial charge in [0, 0.05) is 18.0 Å². The smallest absolute Gasteiger partial charge is 0.337 e. The quantitative estimate of drug-likeness (QED) is 0.271. The van der Waals surface area contributed by atoms with Gasteiger partial charge in [-0.05, 0) is 65.6 Å². The third-order valence-electron chi connectivity index (χ3n) is 6.65. The van der Waals surface area contributed by atoms with Crippen LogP contribution in [-0.2, 0) is 11.2 Å². The van der Waals surface area contributed by atoms with Crippen molar-refractivity contribution in [3.8, 4) is 5.75 Å². The second-order valence-corrected chi connectivity index (χ2v) is 8.92. The van der Waals surface area contributed by atoms with E-state index in [1.165, 1.54) is 35.6 Å². The van der Waals surface area contributed by atoms with Crippen LogP contribution in [0.1, 0.15) is 39.4 Å². The van der Waals surface area contributed by atoms with E-state index in [1.54, 1.807) is 6.07 Å². The molecule has 178 valence electrons. The van der Waals surface area contributed by atoms with Crippen LogP contribution in [0.25, 0.3) is 10.8 Å². The lowest BCUT2D eigenvalue weighted by Crippen LogP contribution is -2.36. The van der Waals surface area contributed by atoms with Gasteiger partial charge >= 0.3 is 5.97 Å². The molecule has 1 heterocycles. The van der Waals surface area contributed by atoms with Crippen LogP contribution in [0.15, 0.2) is 84.9 Å². The van der Waals surface area contributed by atoms with Crippen molar-refractivity contribution in [1.82, 2.24) is 5.32 Å². The SMILES string of the molecule is COC(=O)c1cc(F)cc(C2CC(CNCCc3cccc4ccccc34)Oc3ccccc32)c1. The zero-order valence-corrected chi connectivity index (χ0v) is 19.7. The van der Waals surface area contributed by atoms with Crippen molar-refractivity contribution in [2.75, 3.05) is 20.2 Å². The molecule has 35 heavy (non-hydrogen) atoms. The number of carbonyl (C=O) groups is 1. The molecule has 1 N–H and O–H groups in total. The molecule has 4 aromatic carbocycles. The van der Waals surface area contributed by atoms with E-state index in [1.807, 2.05) is 24.3 Å². The Bertz CT molecular complexity index is 1350. The van der Waals surface area contributed by atoms with Gasteiger partial charge in [0.2, 0.25) is 0 Å². The largest absolute Gasteiger partial charge is 0.489 e. The molecular formula is C30H28FNO3. The van der Waals surface area contributed by atoms with E-state index < -0.39 is 11.8 Å². The third kappa shape index (κ3) is 5.05. The van der Waals surface area contributed by atoms with Gasteiger partial charge in [-0.25, -0.2) is 9.18 Å². The van der Waals surface area contributed by atoms with Crippen LogP contribution in [-0.4, -0.2) is 32.3 Å². The number of halogens is 1. The fraction of sp³-hybridized carbons (Fsp3) is 0.233. The predicted molar refractivity (Wildman–Crippen MR) is 136 cm³/mol. The van der Waals surface area contributed by atoms with Crippen LogP contribution in [0.2, 0.25) is 0 Å². The number of hydrogen-bond donors (Lipinski definition) is 1. The summed E-state index contributed by atoms with van der Waals surface area (Å²) >= 11 is 0. The van der Waals surface area contributed by atoms with Crippen molar-refractivity contribution in [1.29, 1.82) is 0 Å². The van der Waals surface area contributed by atoms with Gasteiger partial charge in [-0.15, -0.1) is 0 Å². The van der Waals surface area contributed by atoms with E-state index in [4.69, 9.17) is 9.47 Å². The number of carbonyl (C=O) groups excluding carboxylic acids is 1. The summed E-state index contributed by atoms with van der Waals surface area (Å²) < 4.78 is 25.5. The molecule has 4 aromatic rings. The third-order valence-corrected chi connectivity index (χ3v) is 6.65. The number of rotatable bonds is 7. The lowest BCUT2D eigenvalue weighted by molar-refractivity contribution is 0.0600. The fourth-order valence-electron chi connectivity index (χ4n) is 4.98. The molecule has 0 spiro atoms. The second kappa shape index (κ2) is 10.3. The number of para-hydroxylation sites is 1. The van der Waals surface area contributed by atoms with Crippen molar-refractivity contribution in [3.63, 3.8) is 0 Å². The first kappa shape index (κ1) is 23.1. The Kier molecular flexibility index (Phi) is 6.77. The van der Waals surface area contributed by atoms with Crippen LogP contribution in [0.5, 0.6) is 5.75 Å². The molecule has 0 radical (unpaired) electrons. The zero-order chi connectivity index (χ0) is 24.2. The molecule has 0 aliphatic carbocycles. The van der Waals surface area contributed by atoms with Crippen LogP contribution < -0.4 is 10.1 Å². The molecular weight excluding hydrogens is 441 g/mol. The molecule has 2 unspecified atom stereocenters. The molecule has 5 heteroatoms. The Hall–Kier alpha value is -3.70. The number of nitrogens with one attached hydrogen (secondary N) is 1. The summed E-state index contributed by atoms with van der Waals surface area (Å²) in [6, 6.07) is 27.2. The van der Waals surface area contributed by atoms with E-state index in [-0.39, 0.29) is 17.6 Å². The van der Waals surface area contributed by atoms with Gasteiger partial charge in [0.05, 0.1) is 12.7 Å². The topological polar surface area (TPSA) is 47.6 Å². The van der Waals surface area contributed by atoms with E-state index in [2.05, 4.69) is 47.8 Å². The fourth-order valence-corrected chi connectivity index (χ4v) is 4.98. The summed E-state index contributed by atoms with van der Waals surface area (Å²) in [5, 5.41) is 6.08. The number of benzene rings is 4. The minimum atomic E-state index is -0.544. The summed E-state index contributed by atoms with van der Waals surface area (Å²) in [6.07, 6.45) is 1.52. The van der Waals surface area contributed by atoms with Gasteiger partial charge in [0.15, 0.2) is 0 Å². The van der Waals surface area contributed by atoms with Crippen LogP contribution in [0.4, 0.5) is 4.39 Å². The van der Waals surface area contributed by atoms with Crippen LogP contribution >= 0.6 is 0 Å². The summed E-state index contributed by atoms with van der Waals surface area (Å²) in [5.74, 6) is -0.271. The highest BCUT2D eigenvalue weighted by atomic mass is 19.1. The summed E-state index contributed by atoms with van der Waals surface area (Å²) in [7, 11) is 1.30. The molecule has 0 aromatic heterocycles. The van der Waals surface area contributed by atoms with Crippen molar-refractivity contribution in [3.05, 3.63) is 113 Å².